The van der Waals surface area contributed by atoms with Gasteiger partial charge in [0.25, 0.3) is 0 Å². The standard InChI is InChI=1S/C25H22ClIN2O3/c26-19-14-15-21(27)23(16-19)29-22(25(31)32-17-18-8-3-1-4-9-18)12-7-13-24(30)28-20-10-5-2-6-11-20/h1-11,13-16,22,29H,12,17H2,(H,28,30)/b13-7+. The third kappa shape index (κ3) is 7.69. The molecule has 0 heterocycles. The molecule has 32 heavy (non-hydrogen) atoms. The van der Waals surface area contributed by atoms with Crippen LogP contribution in [0.1, 0.15) is 12.0 Å². The summed E-state index contributed by atoms with van der Waals surface area (Å²) >= 11 is 8.29. The molecule has 1 unspecified atom stereocenters. The Bertz CT molecular complexity index is 1080. The second-order valence-electron chi connectivity index (χ2n) is 6.91. The topological polar surface area (TPSA) is 67.4 Å². The minimum absolute atomic E-state index is 0.169. The van der Waals surface area contributed by atoms with Crippen molar-refractivity contribution >= 4 is 57.4 Å². The van der Waals surface area contributed by atoms with Gasteiger partial charge in [0.1, 0.15) is 12.6 Å². The molecule has 5 nitrogen and oxygen atoms in total. The molecule has 0 spiro atoms. The van der Waals surface area contributed by atoms with Gasteiger partial charge in [-0.05, 0) is 71.0 Å². The van der Waals surface area contributed by atoms with Gasteiger partial charge in [0, 0.05) is 20.0 Å². The molecule has 0 saturated carbocycles. The number of anilines is 2. The highest BCUT2D eigenvalue weighted by Crippen LogP contribution is 2.24. The predicted molar refractivity (Wildman–Crippen MR) is 137 cm³/mol. The third-order valence-corrected chi connectivity index (χ3v) is 5.62. The summed E-state index contributed by atoms with van der Waals surface area (Å²) in [6.07, 6.45) is 3.32. The van der Waals surface area contributed by atoms with Crippen molar-refractivity contribution in [3.63, 3.8) is 0 Å². The fourth-order valence-corrected chi connectivity index (χ4v) is 3.52. The van der Waals surface area contributed by atoms with Crippen LogP contribution in [0.3, 0.4) is 0 Å². The number of hydrogen-bond acceptors (Lipinski definition) is 4. The van der Waals surface area contributed by atoms with Gasteiger partial charge in [0.15, 0.2) is 0 Å². The van der Waals surface area contributed by atoms with Crippen LogP contribution in [0.4, 0.5) is 11.4 Å². The molecule has 0 fully saturated rings. The van der Waals surface area contributed by atoms with Gasteiger partial charge in [-0.3, -0.25) is 4.79 Å². The molecule has 2 N–H and O–H groups in total. The van der Waals surface area contributed by atoms with Gasteiger partial charge in [-0.2, -0.15) is 0 Å². The van der Waals surface area contributed by atoms with E-state index in [0.29, 0.717) is 10.7 Å². The average molecular weight is 561 g/mol. The van der Waals surface area contributed by atoms with Crippen LogP contribution in [0.15, 0.2) is 91.0 Å². The quantitative estimate of drug-likeness (QED) is 0.190. The molecule has 7 heteroatoms. The van der Waals surface area contributed by atoms with E-state index < -0.39 is 12.0 Å². The number of amides is 1. The molecular formula is C25H22ClIN2O3. The SMILES string of the molecule is O=C(/C=C/CC(Nc1cc(Cl)ccc1I)C(=O)OCc1ccccc1)Nc1ccccc1. The number of esters is 1. The Balaban J connectivity index is 1.66. The highest BCUT2D eigenvalue weighted by molar-refractivity contribution is 14.1. The van der Waals surface area contributed by atoms with E-state index in [9.17, 15) is 9.59 Å². The molecule has 0 aromatic heterocycles. The van der Waals surface area contributed by atoms with Crippen molar-refractivity contribution in [2.45, 2.75) is 19.1 Å². The zero-order valence-electron chi connectivity index (χ0n) is 17.1. The van der Waals surface area contributed by atoms with Gasteiger partial charge in [0.2, 0.25) is 5.91 Å². The summed E-state index contributed by atoms with van der Waals surface area (Å²) in [6.45, 7) is 0.169. The third-order valence-electron chi connectivity index (χ3n) is 4.45. The van der Waals surface area contributed by atoms with E-state index in [0.717, 1.165) is 14.8 Å². The van der Waals surface area contributed by atoms with Crippen molar-refractivity contribution < 1.29 is 14.3 Å². The number of rotatable bonds is 9. The van der Waals surface area contributed by atoms with Crippen LogP contribution in [0.2, 0.25) is 5.02 Å². The maximum atomic E-state index is 12.8. The molecule has 0 aliphatic carbocycles. The zero-order chi connectivity index (χ0) is 22.8. The van der Waals surface area contributed by atoms with Crippen molar-refractivity contribution in [1.29, 1.82) is 0 Å². The van der Waals surface area contributed by atoms with Crippen molar-refractivity contribution in [2.24, 2.45) is 0 Å². The molecule has 0 saturated heterocycles. The lowest BCUT2D eigenvalue weighted by atomic mass is 10.1. The van der Waals surface area contributed by atoms with Crippen molar-refractivity contribution in [2.75, 3.05) is 10.6 Å². The number of nitrogens with one attached hydrogen (secondary N) is 2. The normalized spacial score (nSPS) is 11.7. The van der Waals surface area contributed by atoms with Crippen molar-refractivity contribution in [1.82, 2.24) is 0 Å². The van der Waals surface area contributed by atoms with Crippen LogP contribution in [0, 0.1) is 3.57 Å². The van der Waals surface area contributed by atoms with Gasteiger partial charge < -0.3 is 15.4 Å². The Hall–Kier alpha value is -2.84. The smallest absolute Gasteiger partial charge is 0.329 e. The lowest BCUT2D eigenvalue weighted by Crippen LogP contribution is -2.31. The molecule has 3 aromatic rings. The minimum Gasteiger partial charge on any atom is -0.459 e. The molecular weight excluding hydrogens is 539 g/mol. The van der Waals surface area contributed by atoms with E-state index in [1.54, 1.807) is 30.3 Å². The first-order valence-electron chi connectivity index (χ1n) is 9.96. The number of hydrogen-bond donors (Lipinski definition) is 2. The first kappa shape index (κ1) is 23.8. The first-order chi connectivity index (χ1) is 15.5. The lowest BCUT2D eigenvalue weighted by Gasteiger charge is -2.19. The number of para-hydroxylation sites is 1. The molecule has 0 radical (unpaired) electrons. The number of carbonyl (C=O) groups is 2. The summed E-state index contributed by atoms with van der Waals surface area (Å²) in [5.41, 5.74) is 2.32. The van der Waals surface area contributed by atoms with Crippen LogP contribution >= 0.6 is 34.2 Å². The van der Waals surface area contributed by atoms with Crippen LogP contribution < -0.4 is 10.6 Å². The van der Waals surface area contributed by atoms with E-state index >= 15 is 0 Å². The largest absolute Gasteiger partial charge is 0.459 e. The first-order valence-corrected chi connectivity index (χ1v) is 11.4. The maximum absolute atomic E-state index is 12.8. The molecule has 0 aliphatic heterocycles. The summed E-state index contributed by atoms with van der Waals surface area (Å²) in [4.78, 5) is 25.0. The second kappa shape index (κ2) is 12.3. The van der Waals surface area contributed by atoms with Gasteiger partial charge in [-0.1, -0.05) is 66.2 Å². The predicted octanol–water partition coefficient (Wildman–Crippen LogP) is 6.05. The van der Waals surface area contributed by atoms with Crippen LogP contribution in [0.25, 0.3) is 0 Å². The molecule has 1 amide bonds. The van der Waals surface area contributed by atoms with Crippen molar-refractivity contribution in [3.05, 3.63) is 105 Å². The van der Waals surface area contributed by atoms with Gasteiger partial charge >= 0.3 is 5.97 Å². The molecule has 164 valence electrons. The zero-order valence-corrected chi connectivity index (χ0v) is 20.0. The van der Waals surface area contributed by atoms with Gasteiger partial charge in [-0.15, -0.1) is 0 Å². The van der Waals surface area contributed by atoms with E-state index in [1.807, 2.05) is 54.6 Å². The lowest BCUT2D eigenvalue weighted by molar-refractivity contribution is -0.145. The van der Waals surface area contributed by atoms with E-state index in [1.165, 1.54) is 6.08 Å². The highest BCUT2D eigenvalue weighted by atomic mass is 127. The molecule has 3 rings (SSSR count). The maximum Gasteiger partial charge on any atom is 0.329 e. The second-order valence-corrected chi connectivity index (χ2v) is 8.51. The van der Waals surface area contributed by atoms with Gasteiger partial charge in [-0.25, -0.2) is 4.79 Å². The number of ether oxygens (including phenoxy) is 1. The monoisotopic (exact) mass is 560 g/mol. The average Bonchev–Trinajstić information content (AvgIpc) is 2.80. The van der Waals surface area contributed by atoms with E-state index in [2.05, 4.69) is 33.2 Å². The van der Waals surface area contributed by atoms with Crippen LogP contribution in [-0.2, 0) is 20.9 Å². The summed E-state index contributed by atoms with van der Waals surface area (Å²) < 4.78 is 6.43. The number of carbonyl (C=O) groups excluding carboxylic acids is 2. The van der Waals surface area contributed by atoms with Crippen LogP contribution in [0.5, 0.6) is 0 Å². The van der Waals surface area contributed by atoms with E-state index in [-0.39, 0.29) is 18.9 Å². The molecule has 0 bridgehead atoms. The summed E-state index contributed by atoms with van der Waals surface area (Å²) in [5, 5.41) is 6.53. The van der Waals surface area contributed by atoms with E-state index in [4.69, 9.17) is 16.3 Å². The number of halogens is 2. The fraction of sp³-hybridized carbons (Fsp3) is 0.120. The van der Waals surface area contributed by atoms with Crippen molar-refractivity contribution in [3.8, 4) is 0 Å². The Morgan fingerprint density at radius 1 is 1.00 bits per heavy atom. The Kier molecular flexibility index (Phi) is 9.13. The van der Waals surface area contributed by atoms with Gasteiger partial charge in [0.05, 0.1) is 0 Å². The summed E-state index contributed by atoms with van der Waals surface area (Å²) in [6, 6.07) is 23.3. The molecule has 3 aromatic carbocycles. The Morgan fingerprint density at radius 2 is 1.69 bits per heavy atom. The summed E-state index contributed by atoms with van der Waals surface area (Å²) in [5.74, 6) is -0.692. The van der Waals surface area contributed by atoms with Crippen LogP contribution in [-0.4, -0.2) is 17.9 Å². The molecule has 1 atom stereocenters. The summed E-state index contributed by atoms with van der Waals surface area (Å²) in [7, 11) is 0. The Labute approximate surface area is 206 Å². The molecule has 0 aliphatic rings. The Morgan fingerprint density at radius 3 is 2.41 bits per heavy atom. The number of benzene rings is 3. The fourth-order valence-electron chi connectivity index (χ4n) is 2.86. The minimum atomic E-state index is -0.688. The highest BCUT2D eigenvalue weighted by Gasteiger charge is 2.20.